The number of carbonyl (C=O) groups is 1. The zero-order chi connectivity index (χ0) is 14.3. The largest absolute Gasteiger partial charge is 0.481 e. The summed E-state index contributed by atoms with van der Waals surface area (Å²) in [6, 6.07) is 4.93. The van der Waals surface area contributed by atoms with Crippen LogP contribution in [-0.4, -0.2) is 31.2 Å². The standard InChI is InChI=1S/C14H21FN2O2/c1-3-7-16-10-11-4-5-12(15)13(9-11)17(2)8-6-14(18)19/h4-5,9,16H,3,6-8,10H2,1-2H3,(H,18,19). The Labute approximate surface area is 113 Å². The van der Waals surface area contributed by atoms with E-state index in [4.69, 9.17) is 5.11 Å². The first-order valence-corrected chi connectivity index (χ1v) is 6.46. The predicted molar refractivity (Wildman–Crippen MR) is 73.9 cm³/mol. The first-order chi connectivity index (χ1) is 9.04. The van der Waals surface area contributed by atoms with Gasteiger partial charge in [-0.25, -0.2) is 4.39 Å². The number of anilines is 1. The lowest BCUT2D eigenvalue weighted by Crippen LogP contribution is -2.22. The summed E-state index contributed by atoms with van der Waals surface area (Å²) in [5.41, 5.74) is 1.43. The van der Waals surface area contributed by atoms with E-state index in [-0.39, 0.29) is 18.8 Å². The molecule has 1 rings (SSSR count). The predicted octanol–water partition coefficient (Wildman–Crippen LogP) is 2.24. The molecule has 0 spiro atoms. The van der Waals surface area contributed by atoms with Gasteiger partial charge in [-0.05, 0) is 30.7 Å². The molecular formula is C14H21FN2O2. The Balaban J connectivity index is 2.69. The van der Waals surface area contributed by atoms with Gasteiger partial charge >= 0.3 is 5.97 Å². The molecule has 0 aliphatic heterocycles. The molecule has 0 bridgehead atoms. The van der Waals surface area contributed by atoms with Crippen molar-refractivity contribution in [1.29, 1.82) is 0 Å². The van der Waals surface area contributed by atoms with Crippen LogP contribution in [0.1, 0.15) is 25.3 Å². The number of aliphatic carboxylic acids is 1. The molecule has 0 heterocycles. The average Bonchev–Trinajstić information content (AvgIpc) is 2.38. The first kappa shape index (κ1) is 15.4. The van der Waals surface area contributed by atoms with Crippen LogP contribution < -0.4 is 10.2 Å². The average molecular weight is 268 g/mol. The molecule has 0 aliphatic rings. The lowest BCUT2D eigenvalue weighted by Gasteiger charge is -2.20. The van der Waals surface area contributed by atoms with Crippen molar-refractivity contribution in [2.45, 2.75) is 26.3 Å². The zero-order valence-corrected chi connectivity index (χ0v) is 11.4. The third-order valence-electron chi connectivity index (χ3n) is 2.84. The van der Waals surface area contributed by atoms with Crippen LogP contribution >= 0.6 is 0 Å². The van der Waals surface area contributed by atoms with Crippen molar-refractivity contribution in [2.75, 3.05) is 25.0 Å². The summed E-state index contributed by atoms with van der Waals surface area (Å²) < 4.78 is 13.7. The van der Waals surface area contributed by atoms with E-state index < -0.39 is 5.97 Å². The van der Waals surface area contributed by atoms with E-state index in [1.807, 2.05) is 0 Å². The van der Waals surface area contributed by atoms with Gasteiger partial charge in [0.2, 0.25) is 0 Å². The van der Waals surface area contributed by atoms with E-state index in [9.17, 15) is 9.18 Å². The molecule has 0 aliphatic carbocycles. The second kappa shape index (κ2) is 7.74. The molecule has 0 aromatic heterocycles. The molecule has 1 aromatic rings. The summed E-state index contributed by atoms with van der Waals surface area (Å²) in [6.07, 6.45) is 1.04. The minimum absolute atomic E-state index is 0.00570. The molecule has 106 valence electrons. The molecule has 0 saturated carbocycles. The van der Waals surface area contributed by atoms with Crippen molar-refractivity contribution in [3.63, 3.8) is 0 Å². The smallest absolute Gasteiger partial charge is 0.305 e. The van der Waals surface area contributed by atoms with Crippen LogP contribution in [0.4, 0.5) is 10.1 Å². The molecule has 5 heteroatoms. The van der Waals surface area contributed by atoms with Gasteiger partial charge in [-0.3, -0.25) is 4.79 Å². The lowest BCUT2D eigenvalue weighted by molar-refractivity contribution is -0.136. The number of carboxylic acid groups (broad SMARTS) is 1. The zero-order valence-electron chi connectivity index (χ0n) is 11.4. The van der Waals surface area contributed by atoms with Gasteiger partial charge in [0, 0.05) is 20.1 Å². The Bertz CT molecular complexity index is 424. The summed E-state index contributed by atoms with van der Waals surface area (Å²) in [6.45, 7) is 3.98. The van der Waals surface area contributed by atoms with Crippen LogP contribution in [0.3, 0.4) is 0 Å². The summed E-state index contributed by atoms with van der Waals surface area (Å²) in [7, 11) is 1.70. The van der Waals surface area contributed by atoms with E-state index >= 15 is 0 Å². The van der Waals surface area contributed by atoms with Crippen molar-refractivity contribution in [2.24, 2.45) is 0 Å². The number of hydrogen-bond acceptors (Lipinski definition) is 3. The molecule has 2 N–H and O–H groups in total. The highest BCUT2D eigenvalue weighted by atomic mass is 19.1. The number of nitrogens with zero attached hydrogens (tertiary/aromatic N) is 1. The second-order valence-corrected chi connectivity index (χ2v) is 4.53. The molecule has 0 atom stereocenters. The highest BCUT2D eigenvalue weighted by Crippen LogP contribution is 2.20. The van der Waals surface area contributed by atoms with Crippen molar-refractivity contribution in [1.82, 2.24) is 5.32 Å². The van der Waals surface area contributed by atoms with Crippen LogP contribution in [0.25, 0.3) is 0 Å². The van der Waals surface area contributed by atoms with Gasteiger partial charge in [0.25, 0.3) is 0 Å². The van der Waals surface area contributed by atoms with E-state index in [0.717, 1.165) is 18.5 Å². The number of halogens is 1. The first-order valence-electron chi connectivity index (χ1n) is 6.46. The molecule has 0 amide bonds. The van der Waals surface area contributed by atoms with Crippen LogP contribution in [0.5, 0.6) is 0 Å². The van der Waals surface area contributed by atoms with E-state index in [0.29, 0.717) is 12.2 Å². The summed E-state index contributed by atoms with van der Waals surface area (Å²) >= 11 is 0. The van der Waals surface area contributed by atoms with Crippen LogP contribution in [0, 0.1) is 5.82 Å². The van der Waals surface area contributed by atoms with Gasteiger partial charge in [-0.2, -0.15) is 0 Å². The number of nitrogens with one attached hydrogen (secondary N) is 1. The molecule has 19 heavy (non-hydrogen) atoms. The molecule has 0 unspecified atom stereocenters. The van der Waals surface area contributed by atoms with Gasteiger partial charge in [-0.15, -0.1) is 0 Å². The SMILES string of the molecule is CCCNCc1ccc(F)c(N(C)CCC(=O)O)c1. The Hall–Kier alpha value is -1.62. The normalized spacial score (nSPS) is 10.5. The second-order valence-electron chi connectivity index (χ2n) is 4.53. The lowest BCUT2D eigenvalue weighted by atomic mass is 10.1. The maximum Gasteiger partial charge on any atom is 0.305 e. The summed E-state index contributed by atoms with van der Waals surface area (Å²) in [5, 5.41) is 11.9. The number of carboxylic acids is 1. The Kier molecular flexibility index (Phi) is 6.29. The van der Waals surface area contributed by atoms with Crippen LogP contribution in [0.15, 0.2) is 18.2 Å². The molecule has 0 radical (unpaired) electrons. The van der Waals surface area contributed by atoms with Crippen LogP contribution in [0.2, 0.25) is 0 Å². The van der Waals surface area contributed by atoms with E-state index in [1.54, 1.807) is 24.1 Å². The maximum absolute atomic E-state index is 13.7. The third kappa shape index (κ3) is 5.26. The van der Waals surface area contributed by atoms with Gasteiger partial charge in [0.1, 0.15) is 5.82 Å². The Morgan fingerprint density at radius 2 is 2.21 bits per heavy atom. The van der Waals surface area contributed by atoms with Crippen molar-refractivity contribution >= 4 is 11.7 Å². The van der Waals surface area contributed by atoms with E-state index in [2.05, 4.69) is 12.2 Å². The minimum Gasteiger partial charge on any atom is -0.481 e. The Morgan fingerprint density at radius 3 is 2.84 bits per heavy atom. The monoisotopic (exact) mass is 268 g/mol. The molecule has 0 fully saturated rings. The number of benzene rings is 1. The fourth-order valence-corrected chi connectivity index (χ4v) is 1.75. The fourth-order valence-electron chi connectivity index (χ4n) is 1.75. The highest BCUT2D eigenvalue weighted by molar-refractivity contribution is 5.67. The molecule has 4 nitrogen and oxygen atoms in total. The van der Waals surface area contributed by atoms with Gasteiger partial charge in [0.05, 0.1) is 12.1 Å². The minimum atomic E-state index is -0.881. The topological polar surface area (TPSA) is 52.6 Å². The summed E-state index contributed by atoms with van der Waals surface area (Å²) in [4.78, 5) is 12.2. The van der Waals surface area contributed by atoms with Crippen molar-refractivity contribution < 1.29 is 14.3 Å². The van der Waals surface area contributed by atoms with Gasteiger partial charge in [-0.1, -0.05) is 13.0 Å². The molecule has 1 aromatic carbocycles. The van der Waals surface area contributed by atoms with Crippen LogP contribution in [-0.2, 0) is 11.3 Å². The number of rotatable bonds is 8. The summed E-state index contributed by atoms with van der Waals surface area (Å²) in [5.74, 6) is -1.21. The van der Waals surface area contributed by atoms with Crippen molar-refractivity contribution in [3.8, 4) is 0 Å². The Morgan fingerprint density at radius 1 is 1.47 bits per heavy atom. The maximum atomic E-state index is 13.7. The number of hydrogen-bond donors (Lipinski definition) is 2. The molecule has 0 saturated heterocycles. The molecular weight excluding hydrogens is 247 g/mol. The highest BCUT2D eigenvalue weighted by Gasteiger charge is 2.10. The van der Waals surface area contributed by atoms with E-state index in [1.165, 1.54) is 6.07 Å². The quantitative estimate of drug-likeness (QED) is 0.710. The van der Waals surface area contributed by atoms with Crippen molar-refractivity contribution in [3.05, 3.63) is 29.6 Å². The fraction of sp³-hybridized carbons (Fsp3) is 0.500. The van der Waals surface area contributed by atoms with Gasteiger partial charge < -0.3 is 15.3 Å². The third-order valence-corrected chi connectivity index (χ3v) is 2.84. The van der Waals surface area contributed by atoms with Gasteiger partial charge in [0.15, 0.2) is 0 Å².